The van der Waals surface area contributed by atoms with Gasteiger partial charge in [0, 0.05) is 10.5 Å². The molecule has 0 aliphatic heterocycles. The minimum absolute atomic E-state index is 0.0893. The SMILES string of the molecule is Nc1ccc(COCc2cccc(Br)c2)cc1[N+](=O)[O-]. The molecule has 0 radical (unpaired) electrons. The lowest BCUT2D eigenvalue weighted by atomic mass is 10.2. The first-order valence-electron chi connectivity index (χ1n) is 5.91. The highest BCUT2D eigenvalue weighted by molar-refractivity contribution is 9.10. The molecular weight excluding hydrogens is 324 g/mol. The summed E-state index contributed by atoms with van der Waals surface area (Å²) in [5.41, 5.74) is 7.36. The molecule has 0 unspecified atom stereocenters. The van der Waals surface area contributed by atoms with E-state index >= 15 is 0 Å². The van der Waals surface area contributed by atoms with Crippen molar-refractivity contribution >= 4 is 27.3 Å². The topological polar surface area (TPSA) is 78.4 Å². The quantitative estimate of drug-likeness (QED) is 0.513. The number of nitrogen functional groups attached to an aromatic ring is 1. The summed E-state index contributed by atoms with van der Waals surface area (Å²) in [7, 11) is 0. The van der Waals surface area contributed by atoms with Crippen LogP contribution >= 0.6 is 15.9 Å². The van der Waals surface area contributed by atoms with E-state index in [2.05, 4.69) is 15.9 Å². The monoisotopic (exact) mass is 336 g/mol. The van der Waals surface area contributed by atoms with Crippen molar-refractivity contribution in [2.75, 3.05) is 5.73 Å². The fourth-order valence-corrected chi connectivity index (χ4v) is 2.20. The van der Waals surface area contributed by atoms with Crippen LogP contribution in [0.25, 0.3) is 0 Å². The Balaban J connectivity index is 1.97. The van der Waals surface area contributed by atoms with Crippen LogP contribution in [-0.4, -0.2) is 4.92 Å². The van der Waals surface area contributed by atoms with Crippen molar-refractivity contribution in [3.63, 3.8) is 0 Å². The average molecular weight is 337 g/mol. The van der Waals surface area contributed by atoms with Gasteiger partial charge in [0.15, 0.2) is 0 Å². The number of ether oxygens (including phenoxy) is 1. The Hall–Kier alpha value is -1.92. The third kappa shape index (κ3) is 3.79. The van der Waals surface area contributed by atoms with Gasteiger partial charge in [-0.2, -0.15) is 0 Å². The summed E-state index contributed by atoms with van der Waals surface area (Å²) in [5, 5.41) is 10.8. The zero-order chi connectivity index (χ0) is 14.5. The average Bonchev–Trinajstić information content (AvgIpc) is 2.40. The Morgan fingerprint density at radius 3 is 2.50 bits per heavy atom. The highest BCUT2D eigenvalue weighted by Gasteiger charge is 2.11. The number of nitrogens with two attached hydrogens (primary N) is 1. The molecule has 2 aromatic rings. The largest absolute Gasteiger partial charge is 0.393 e. The zero-order valence-electron chi connectivity index (χ0n) is 10.6. The van der Waals surface area contributed by atoms with Gasteiger partial charge in [-0.25, -0.2) is 0 Å². The summed E-state index contributed by atoms with van der Waals surface area (Å²) < 4.78 is 6.54. The maximum absolute atomic E-state index is 10.8. The van der Waals surface area contributed by atoms with Crippen LogP contribution in [0.5, 0.6) is 0 Å². The number of halogens is 1. The second-order valence-electron chi connectivity index (χ2n) is 4.27. The van der Waals surface area contributed by atoms with E-state index in [1.807, 2.05) is 24.3 Å². The normalized spacial score (nSPS) is 10.4. The Bertz CT molecular complexity index is 632. The first kappa shape index (κ1) is 14.5. The molecule has 0 amide bonds. The molecule has 0 saturated heterocycles. The maximum Gasteiger partial charge on any atom is 0.292 e. The lowest BCUT2D eigenvalue weighted by Crippen LogP contribution is -1.99. The van der Waals surface area contributed by atoms with Gasteiger partial charge in [0.25, 0.3) is 5.69 Å². The van der Waals surface area contributed by atoms with Crippen LogP contribution < -0.4 is 5.73 Å². The van der Waals surface area contributed by atoms with E-state index in [1.54, 1.807) is 6.07 Å². The van der Waals surface area contributed by atoms with Gasteiger partial charge in [-0.3, -0.25) is 10.1 Å². The summed E-state index contributed by atoms with van der Waals surface area (Å²) >= 11 is 3.39. The molecule has 2 N–H and O–H groups in total. The van der Waals surface area contributed by atoms with Gasteiger partial charge >= 0.3 is 0 Å². The molecule has 0 fully saturated rings. The Morgan fingerprint density at radius 2 is 1.85 bits per heavy atom. The lowest BCUT2D eigenvalue weighted by Gasteiger charge is -2.06. The Kier molecular flexibility index (Phi) is 4.70. The van der Waals surface area contributed by atoms with E-state index in [4.69, 9.17) is 10.5 Å². The number of rotatable bonds is 5. The predicted molar refractivity (Wildman–Crippen MR) is 80.1 cm³/mol. The Labute approximate surface area is 124 Å². The number of nitro groups is 1. The van der Waals surface area contributed by atoms with E-state index < -0.39 is 4.92 Å². The molecule has 2 aromatic carbocycles. The van der Waals surface area contributed by atoms with Crippen molar-refractivity contribution in [2.45, 2.75) is 13.2 Å². The molecule has 2 rings (SSSR count). The molecular formula is C14H13BrN2O3. The predicted octanol–water partition coefficient (Wildman–Crippen LogP) is 3.66. The molecule has 0 atom stereocenters. The summed E-state index contributed by atoms with van der Waals surface area (Å²) in [6, 6.07) is 12.5. The maximum atomic E-state index is 10.8. The number of hydrogen-bond acceptors (Lipinski definition) is 4. The van der Waals surface area contributed by atoms with Crippen LogP contribution in [0.1, 0.15) is 11.1 Å². The summed E-state index contributed by atoms with van der Waals surface area (Å²) in [6.07, 6.45) is 0. The lowest BCUT2D eigenvalue weighted by molar-refractivity contribution is -0.384. The van der Waals surface area contributed by atoms with Crippen molar-refractivity contribution in [1.29, 1.82) is 0 Å². The van der Waals surface area contributed by atoms with Gasteiger partial charge < -0.3 is 10.5 Å². The minimum Gasteiger partial charge on any atom is -0.393 e. The van der Waals surface area contributed by atoms with Crippen LogP contribution in [0.3, 0.4) is 0 Å². The van der Waals surface area contributed by atoms with Crippen LogP contribution in [0.2, 0.25) is 0 Å². The molecule has 0 aliphatic carbocycles. The van der Waals surface area contributed by atoms with Crippen LogP contribution in [-0.2, 0) is 18.0 Å². The van der Waals surface area contributed by atoms with E-state index in [0.717, 1.165) is 15.6 Å². The van der Waals surface area contributed by atoms with Crippen molar-refractivity contribution in [2.24, 2.45) is 0 Å². The van der Waals surface area contributed by atoms with Gasteiger partial charge in [0.05, 0.1) is 18.1 Å². The third-order valence-corrected chi connectivity index (χ3v) is 3.21. The molecule has 5 nitrogen and oxygen atoms in total. The Morgan fingerprint density at radius 1 is 1.15 bits per heavy atom. The zero-order valence-corrected chi connectivity index (χ0v) is 12.2. The van der Waals surface area contributed by atoms with Crippen molar-refractivity contribution in [1.82, 2.24) is 0 Å². The first-order valence-corrected chi connectivity index (χ1v) is 6.70. The van der Waals surface area contributed by atoms with Gasteiger partial charge in [-0.15, -0.1) is 0 Å². The fraction of sp³-hybridized carbons (Fsp3) is 0.143. The van der Waals surface area contributed by atoms with E-state index in [9.17, 15) is 10.1 Å². The number of benzene rings is 2. The molecule has 0 heterocycles. The molecule has 104 valence electrons. The second kappa shape index (κ2) is 6.49. The highest BCUT2D eigenvalue weighted by atomic mass is 79.9. The molecule has 0 aliphatic rings. The number of anilines is 1. The van der Waals surface area contributed by atoms with Crippen molar-refractivity contribution in [3.05, 3.63) is 68.2 Å². The van der Waals surface area contributed by atoms with E-state index in [-0.39, 0.29) is 11.4 Å². The van der Waals surface area contributed by atoms with Crippen molar-refractivity contribution in [3.8, 4) is 0 Å². The van der Waals surface area contributed by atoms with Gasteiger partial charge in [-0.1, -0.05) is 34.1 Å². The molecule has 0 saturated carbocycles. The second-order valence-corrected chi connectivity index (χ2v) is 5.19. The number of nitrogens with zero attached hydrogens (tertiary/aromatic N) is 1. The summed E-state index contributed by atoms with van der Waals surface area (Å²) in [4.78, 5) is 10.3. The van der Waals surface area contributed by atoms with Crippen LogP contribution in [0.15, 0.2) is 46.9 Å². The fourth-order valence-electron chi connectivity index (χ4n) is 1.75. The third-order valence-electron chi connectivity index (χ3n) is 2.72. The molecule has 20 heavy (non-hydrogen) atoms. The number of nitro benzene ring substituents is 1. The molecule has 0 spiro atoms. The van der Waals surface area contributed by atoms with Crippen LogP contribution in [0.4, 0.5) is 11.4 Å². The smallest absolute Gasteiger partial charge is 0.292 e. The summed E-state index contributed by atoms with van der Waals surface area (Å²) in [5.74, 6) is 0. The van der Waals surface area contributed by atoms with E-state index in [0.29, 0.717) is 13.2 Å². The van der Waals surface area contributed by atoms with E-state index in [1.165, 1.54) is 12.1 Å². The van der Waals surface area contributed by atoms with Gasteiger partial charge in [-0.05, 0) is 29.3 Å². The summed E-state index contributed by atoms with van der Waals surface area (Å²) in [6.45, 7) is 0.741. The molecule has 6 heteroatoms. The molecule has 0 aromatic heterocycles. The minimum atomic E-state index is -0.493. The number of hydrogen-bond donors (Lipinski definition) is 1. The van der Waals surface area contributed by atoms with Crippen molar-refractivity contribution < 1.29 is 9.66 Å². The van der Waals surface area contributed by atoms with Gasteiger partial charge in [0.1, 0.15) is 5.69 Å². The standard InChI is InChI=1S/C14H13BrN2O3/c15-12-3-1-2-10(6-12)8-20-9-11-4-5-13(16)14(7-11)17(18)19/h1-7H,8-9,16H2. The molecule has 0 bridgehead atoms. The highest BCUT2D eigenvalue weighted by Crippen LogP contribution is 2.23. The van der Waals surface area contributed by atoms with Crippen LogP contribution in [0, 0.1) is 10.1 Å². The first-order chi connectivity index (χ1) is 9.56. The van der Waals surface area contributed by atoms with Gasteiger partial charge in [0.2, 0.25) is 0 Å².